The minimum atomic E-state index is -1.39. The molecule has 0 unspecified atom stereocenters. The lowest BCUT2D eigenvalue weighted by Crippen LogP contribution is -2.21. The van der Waals surface area contributed by atoms with Gasteiger partial charge in [-0.15, -0.1) is 0 Å². The van der Waals surface area contributed by atoms with Gasteiger partial charge in [-0.1, -0.05) is 35.0 Å². The van der Waals surface area contributed by atoms with Crippen LogP contribution >= 0.6 is 0 Å². The fourth-order valence-electron chi connectivity index (χ4n) is 1.11. The van der Waals surface area contributed by atoms with Crippen molar-refractivity contribution in [3.63, 3.8) is 0 Å². The van der Waals surface area contributed by atoms with Crippen LogP contribution in [0.1, 0.15) is 18.1 Å². The van der Waals surface area contributed by atoms with Crippen LogP contribution in [0.2, 0.25) is 0 Å². The number of carbonyl (C=O) groups excluding carboxylic acids is 1. The van der Waals surface area contributed by atoms with E-state index < -0.39 is 17.5 Å². The molecule has 0 saturated carbocycles. The number of hydrogen-bond donors (Lipinski definition) is 1. The van der Waals surface area contributed by atoms with E-state index in [1.54, 1.807) is 0 Å². The third-order valence-corrected chi connectivity index (χ3v) is 2.04. The molecule has 90 valence electrons. The molecule has 1 aromatic carbocycles. The highest BCUT2D eigenvalue weighted by molar-refractivity contribution is 6.63. The average molecular weight is 235 g/mol. The van der Waals surface area contributed by atoms with Gasteiger partial charge < -0.3 is 9.94 Å². The summed E-state index contributed by atoms with van der Waals surface area (Å²) in [4.78, 5) is 26.3. The summed E-state index contributed by atoms with van der Waals surface area (Å²) in [6.45, 7) is 3.22. The van der Waals surface area contributed by atoms with Gasteiger partial charge in [-0.25, -0.2) is 4.79 Å². The number of aliphatic carboxylic acids is 1. The monoisotopic (exact) mass is 235 g/mol. The Morgan fingerprint density at radius 3 is 2.35 bits per heavy atom. The average Bonchev–Trinajstić information content (AvgIpc) is 2.25. The highest BCUT2D eigenvalue weighted by Gasteiger charge is 2.15. The second-order valence-corrected chi connectivity index (χ2v) is 3.56. The number of hydrogen-bond acceptors (Lipinski definition) is 4. The molecule has 0 heterocycles. The number of oxime groups is 1. The maximum Gasteiger partial charge on any atom is 0.361 e. The molecule has 0 fully saturated rings. The first-order valence-corrected chi connectivity index (χ1v) is 5.00. The topological polar surface area (TPSA) is 76.0 Å². The van der Waals surface area contributed by atoms with E-state index in [4.69, 9.17) is 9.94 Å². The zero-order chi connectivity index (χ0) is 12.8. The van der Waals surface area contributed by atoms with Crippen LogP contribution in [0.4, 0.5) is 0 Å². The molecule has 17 heavy (non-hydrogen) atoms. The summed E-state index contributed by atoms with van der Waals surface area (Å²) in [6, 6.07) is 7.51. The molecule has 1 rings (SSSR count). The number of ketones is 1. The van der Waals surface area contributed by atoms with Gasteiger partial charge in [0.1, 0.15) is 6.61 Å². The molecule has 0 radical (unpaired) electrons. The molecule has 0 amide bonds. The van der Waals surface area contributed by atoms with E-state index in [1.807, 2.05) is 31.2 Å². The lowest BCUT2D eigenvalue weighted by molar-refractivity contribution is -0.130. The number of nitrogens with zero attached hydrogens (tertiary/aromatic N) is 1. The summed E-state index contributed by atoms with van der Waals surface area (Å²) in [7, 11) is 0. The summed E-state index contributed by atoms with van der Waals surface area (Å²) in [6.07, 6.45) is 0. The maximum atomic E-state index is 10.9. The Labute approximate surface area is 98.7 Å². The molecular weight excluding hydrogens is 222 g/mol. The van der Waals surface area contributed by atoms with Crippen molar-refractivity contribution in [2.24, 2.45) is 5.16 Å². The second-order valence-electron chi connectivity index (χ2n) is 3.56. The van der Waals surface area contributed by atoms with E-state index in [0.717, 1.165) is 18.1 Å². The van der Waals surface area contributed by atoms with Crippen molar-refractivity contribution in [3.8, 4) is 0 Å². The minimum Gasteiger partial charge on any atom is -0.476 e. The molecular formula is C12H13NO4. The first-order chi connectivity index (χ1) is 8.00. The molecule has 1 N–H and O–H groups in total. The Kier molecular flexibility index (Phi) is 4.39. The van der Waals surface area contributed by atoms with Crippen LogP contribution in [0.5, 0.6) is 0 Å². The van der Waals surface area contributed by atoms with Crippen LogP contribution in [0.3, 0.4) is 0 Å². The Balaban J connectivity index is 2.62. The fraction of sp³-hybridized carbons (Fsp3) is 0.250. The van der Waals surface area contributed by atoms with Crippen molar-refractivity contribution in [1.29, 1.82) is 0 Å². The number of carboxylic acid groups (broad SMARTS) is 1. The first-order valence-electron chi connectivity index (χ1n) is 5.00. The lowest BCUT2D eigenvalue weighted by Gasteiger charge is -2.01. The summed E-state index contributed by atoms with van der Waals surface area (Å²) >= 11 is 0. The second kappa shape index (κ2) is 5.79. The molecule has 5 heteroatoms. The van der Waals surface area contributed by atoms with E-state index in [1.165, 1.54) is 0 Å². The van der Waals surface area contributed by atoms with Crippen molar-refractivity contribution in [3.05, 3.63) is 35.4 Å². The van der Waals surface area contributed by atoms with Gasteiger partial charge in [0.25, 0.3) is 0 Å². The predicted molar refractivity (Wildman–Crippen MR) is 61.7 cm³/mol. The number of carboxylic acids is 1. The molecule has 0 aliphatic carbocycles. The molecule has 0 bridgehead atoms. The zero-order valence-electron chi connectivity index (χ0n) is 9.64. The van der Waals surface area contributed by atoms with Crippen LogP contribution in [0.15, 0.2) is 29.4 Å². The van der Waals surface area contributed by atoms with Crippen molar-refractivity contribution in [2.75, 3.05) is 0 Å². The Bertz CT molecular complexity index is 432. The normalized spacial score (nSPS) is 11.1. The summed E-state index contributed by atoms with van der Waals surface area (Å²) in [5, 5.41) is 12.0. The summed E-state index contributed by atoms with van der Waals surface area (Å²) in [5.41, 5.74) is 1.37. The molecule has 0 aliphatic rings. The lowest BCUT2D eigenvalue weighted by atomic mass is 10.2. The van der Waals surface area contributed by atoms with Gasteiger partial charge >= 0.3 is 5.97 Å². The molecule has 0 aromatic heterocycles. The zero-order valence-corrected chi connectivity index (χ0v) is 9.64. The molecule has 5 nitrogen and oxygen atoms in total. The largest absolute Gasteiger partial charge is 0.476 e. The minimum absolute atomic E-state index is 0.129. The van der Waals surface area contributed by atoms with Gasteiger partial charge in [-0.3, -0.25) is 4.79 Å². The standard InChI is InChI=1S/C12H13NO4/c1-8-3-5-10(6-4-8)7-17-13-11(9(2)14)12(15)16/h3-6H,7H2,1-2H3,(H,15,16). The van der Waals surface area contributed by atoms with E-state index in [9.17, 15) is 9.59 Å². The Hall–Kier alpha value is -2.17. The number of aryl methyl sites for hydroxylation is 1. The van der Waals surface area contributed by atoms with Gasteiger partial charge in [0, 0.05) is 6.92 Å². The smallest absolute Gasteiger partial charge is 0.361 e. The molecule has 0 aliphatic heterocycles. The number of carbonyl (C=O) groups is 2. The third-order valence-electron chi connectivity index (χ3n) is 2.04. The number of Topliss-reactive ketones (excluding diaryl/α,β-unsaturated/α-hetero) is 1. The molecule has 0 atom stereocenters. The van der Waals surface area contributed by atoms with Crippen molar-refractivity contribution in [2.45, 2.75) is 20.5 Å². The van der Waals surface area contributed by atoms with Crippen LogP contribution in [-0.4, -0.2) is 22.6 Å². The summed E-state index contributed by atoms with van der Waals surface area (Å²) < 4.78 is 0. The van der Waals surface area contributed by atoms with E-state index in [-0.39, 0.29) is 6.61 Å². The van der Waals surface area contributed by atoms with Gasteiger partial charge in [0.2, 0.25) is 5.71 Å². The van der Waals surface area contributed by atoms with Gasteiger partial charge in [0.05, 0.1) is 0 Å². The van der Waals surface area contributed by atoms with Crippen LogP contribution in [0.25, 0.3) is 0 Å². The highest BCUT2D eigenvalue weighted by Crippen LogP contribution is 2.04. The Morgan fingerprint density at radius 1 is 1.29 bits per heavy atom. The van der Waals surface area contributed by atoms with E-state index >= 15 is 0 Å². The quantitative estimate of drug-likeness (QED) is 0.477. The van der Waals surface area contributed by atoms with Gasteiger partial charge in [0.15, 0.2) is 5.78 Å². The van der Waals surface area contributed by atoms with Crippen LogP contribution in [-0.2, 0) is 21.0 Å². The Morgan fingerprint density at radius 2 is 1.88 bits per heavy atom. The molecule has 0 saturated heterocycles. The van der Waals surface area contributed by atoms with Crippen LogP contribution in [0, 0.1) is 6.92 Å². The highest BCUT2D eigenvalue weighted by atomic mass is 16.6. The van der Waals surface area contributed by atoms with Crippen molar-refractivity contribution in [1.82, 2.24) is 0 Å². The van der Waals surface area contributed by atoms with Gasteiger partial charge in [-0.05, 0) is 12.5 Å². The van der Waals surface area contributed by atoms with Crippen molar-refractivity contribution < 1.29 is 19.5 Å². The summed E-state index contributed by atoms with van der Waals surface area (Å²) in [5.74, 6) is -2.03. The van der Waals surface area contributed by atoms with Crippen LogP contribution < -0.4 is 0 Å². The first kappa shape index (κ1) is 12.9. The SMILES string of the molecule is CC(=O)C(=NOCc1ccc(C)cc1)C(=O)O. The van der Waals surface area contributed by atoms with E-state index in [0.29, 0.717) is 0 Å². The van der Waals surface area contributed by atoms with Crippen molar-refractivity contribution >= 4 is 17.5 Å². The number of benzene rings is 1. The van der Waals surface area contributed by atoms with Gasteiger partial charge in [-0.2, -0.15) is 0 Å². The maximum absolute atomic E-state index is 10.9. The molecule has 0 spiro atoms. The molecule has 1 aromatic rings. The number of rotatable bonds is 5. The van der Waals surface area contributed by atoms with E-state index in [2.05, 4.69) is 5.16 Å². The third kappa shape index (κ3) is 4.06. The fourth-order valence-corrected chi connectivity index (χ4v) is 1.11. The predicted octanol–water partition coefficient (Wildman–Crippen LogP) is 1.54.